The molecule has 25 heavy (non-hydrogen) atoms. The number of ether oxygens (including phenoxy) is 1. The lowest BCUT2D eigenvalue weighted by atomic mass is 9.84. The number of hydrogen-bond donors (Lipinski definition) is 0. The van der Waals surface area contributed by atoms with Gasteiger partial charge in [-0.1, -0.05) is 36.4 Å². The third-order valence-corrected chi connectivity index (χ3v) is 4.68. The van der Waals surface area contributed by atoms with Gasteiger partial charge in [0.05, 0.1) is 0 Å². The number of aryl methyl sites for hydroxylation is 1. The second-order valence-electron chi connectivity index (χ2n) is 6.21. The van der Waals surface area contributed by atoms with Gasteiger partial charge in [-0.05, 0) is 49.2 Å². The maximum atomic E-state index is 12.8. The normalized spacial score (nSPS) is 12.6. The summed E-state index contributed by atoms with van der Waals surface area (Å²) in [5.74, 6) is 1.03. The first-order chi connectivity index (χ1) is 12.1. The highest BCUT2D eigenvalue weighted by atomic mass is 16.5. The Bertz CT molecular complexity index is 1030. The van der Waals surface area contributed by atoms with E-state index in [0.29, 0.717) is 28.0 Å². The average Bonchev–Trinajstić information content (AvgIpc) is 2.63. The van der Waals surface area contributed by atoms with Crippen LogP contribution in [0.4, 0.5) is 0 Å². The highest BCUT2D eigenvalue weighted by Gasteiger charge is 2.29. The minimum absolute atomic E-state index is 0.122. The molecule has 0 atom stereocenters. The van der Waals surface area contributed by atoms with E-state index in [1.807, 2.05) is 32.0 Å². The Kier molecular flexibility index (Phi) is 3.50. The Morgan fingerprint density at radius 3 is 2.04 bits per heavy atom. The lowest BCUT2D eigenvalue weighted by Crippen LogP contribution is -2.20. The molecule has 122 valence electrons. The maximum absolute atomic E-state index is 12.8. The van der Waals surface area contributed by atoms with Crippen molar-refractivity contribution in [2.75, 3.05) is 0 Å². The molecule has 3 nitrogen and oxygen atoms in total. The van der Waals surface area contributed by atoms with Crippen molar-refractivity contribution in [3.8, 4) is 11.5 Å². The zero-order chi connectivity index (χ0) is 17.6. The van der Waals surface area contributed by atoms with Gasteiger partial charge in [0.1, 0.15) is 11.5 Å². The van der Waals surface area contributed by atoms with Gasteiger partial charge in [0.25, 0.3) is 0 Å². The molecule has 0 aliphatic heterocycles. The summed E-state index contributed by atoms with van der Waals surface area (Å²) < 4.78 is 5.96. The largest absolute Gasteiger partial charge is 0.457 e. The van der Waals surface area contributed by atoms with Crippen LogP contribution in [0, 0.1) is 13.8 Å². The SMILES string of the molecule is Cc1cccc(Oc2ccc3c(c2)C(=O)c2ccccc2C3=O)c1C. The molecule has 3 heteroatoms. The summed E-state index contributed by atoms with van der Waals surface area (Å²) in [6.45, 7) is 4.02. The number of rotatable bonds is 2. The topological polar surface area (TPSA) is 43.4 Å². The Hall–Kier alpha value is -3.20. The first kappa shape index (κ1) is 15.3. The summed E-state index contributed by atoms with van der Waals surface area (Å²) in [6, 6.07) is 17.8. The number of hydrogen-bond acceptors (Lipinski definition) is 3. The monoisotopic (exact) mass is 328 g/mol. The van der Waals surface area contributed by atoms with Gasteiger partial charge in [0.2, 0.25) is 0 Å². The van der Waals surface area contributed by atoms with E-state index in [1.165, 1.54) is 0 Å². The van der Waals surface area contributed by atoms with Crippen LogP contribution in [0.2, 0.25) is 0 Å². The fraction of sp³-hybridized carbons (Fsp3) is 0.0909. The van der Waals surface area contributed by atoms with Gasteiger partial charge in [-0.2, -0.15) is 0 Å². The Morgan fingerprint density at radius 2 is 1.32 bits per heavy atom. The van der Waals surface area contributed by atoms with Crippen molar-refractivity contribution in [2.45, 2.75) is 13.8 Å². The Labute approximate surface area is 145 Å². The lowest BCUT2D eigenvalue weighted by Gasteiger charge is -2.18. The molecule has 0 unspecified atom stereocenters. The Morgan fingerprint density at radius 1 is 0.680 bits per heavy atom. The molecule has 0 N–H and O–H groups in total. The molecular formula is C22H16O3. The van der Waals surface area contributed by atoms with Crippen molar-refractivity contribution in [3.63, 3.8) is 0 Å². The van der Waals surface area contributed by atoms with Gasteiger partial charge in [0.15, 0.2) is 11.6 Å². The molecule has 1 aliphatic carbocycles. The number of fused-ring (bicyclic) bond motifs is 2. The van der Waals surface area contributed by atoms with Crippen molar-refractivity contribution < 1.29 is 14.3 Å². The second kappa shape index (κ2) is 5.71. The van der Waals surface area contributed by atoms with E-state index >= 15 is 0 Å². The molecular weight excluding hydrogens is 312 g/mol. The fourth-order valence-electron chi connectivity index (χ4n) is 3.10. The van der Waals surface area contributed by atoms with Gasteiger partial charge < -0.3 is 4.74 Å². The summed E-state index contributed by atoms with van der Waals surface area (Å²) in [5, 5.41) is 0. The number of carbonyl (C=O) groups excluding carboxylic acids is 2. The van der Waals surface area contributed by atoms with Gasteiger partial charge in [-0.25, -0.2) is 0 Å². The van der Waals surface area contributed by atoms with Crippen LogP contribution in [0.15, 0.2) is 60.7 Å². The third-order valence-electron chi connectivity index (χ3n) is 4.68. The van der Waals surface area contributed by atoms with E-state index in [9.17, 15) is 9.59 Å². The predicted molar refractivity (Wildman–Crippen MR) is 95.7 cm³/mol. The van der Waals surface area contributed by atoms with E-state index < -0.39 is 0 Å². The van der Waals surface area contributed by atoms with Crippen LogP contribution in [-0.2, 0) is 0 Å². The summed E-state index contributed by atoms with van der Waals surface area (Å²) >= 11 is 0. The highest BCUT2D eigenvalue weighted by Crippen LogP contribution is 2.32. The smallest absolute Gasteiger partial charge is 0.194 e. The molecule has 0 heterocycles. The summed E-state index contributed by atoms with van der Waals surface area (Å²) in [6.07, 6.45) is 0. The van der Waals surface area contributed by atoms with Crippen molar-refractivity contribution in [1.29, 1.82) is 0 Å². The van der Waals surface area contributed by atoms with Crippen LogP contribution in [0.3, 0.4) is 0 Å². The van der Waals surface area contributed by atoms with E-state index in [0.717, 1.165) is 16.9 Å². The molecule has 0 aromatic heterocycles. The minimum atomic E-state index is -0.142. The van der Waals surface area contributed by atoms with Crippen LogP contribution in [0.1, 0.15) is 43.0 Å². The van der Waals surface area contributed by atoms with E-state index in [2.05, 4.69) is 0 Å². The van der Waals surface area contributed by atoms with Crippen molar-refractivity contribution >= 4 is 11.6 Å². The molecule has 0 fully saturated rings. The van der Waals surface area contributed by atoms with E-state index in [1.54, 1.807) is 42.5 Å². The number of benzene rings is 3. The molecule has 0 radical (unpaired) electrons. The predicted octanol–water partition coefficient (Wildman–Crippen LogP) is 4.87. The summed E-state index contributed by atoms with van der Waals surface area (Å²) in [4.78, 5) is 25.4. The van der Waals surface area contributed by atoms with Crippen LogP contribution in [0.5, 0.6) is 11.5 Å². The molecule has 3 aromatic carbocycles. The quantitative estimate of drug-likeness (QED) is 0.527. The molecule has 0 saturated heterocycles. The first-order valence-electron chi connectivity index (χ1n) is 8.13. The fourth-order valence-corrected chi connectivity index (χ4v) is 3.10. The molecule has 1 aliphatic rings. The highest BCUT2D eigenvalue weighted by molar-refractivity contribution is 6.28. The average molecular weight is 328 g/mol. The van der Waals surface area contributed by atoms with Gasteiger partial charge in [-0.15, -0.1) is 0 Å². The third kappa shape index (κ3) is 2.45. The van der Waals surface area contributed by atoms with E-state index in [4.69, 9.17) is 4.74 Å². The Balaban J connectivity index is 1.77. The molecule has 0 spiro atoms. The number of carbonyl (C=O) groups is 2. The van der Waals surface area contributed by atoms with Crippen LogP contribution >= 0.6 is 0 Å². The summed E-state index contributed by atoms with van der Waals surface area (Å²) in [7, 11) is 0. The minimum Gasteiger partial charge on any atom is -0.457 e. The van der Waals surface area contributed by atoms with Gasteiger partial charge in [-0.3, -0.25) is 9.59 Å². The van der Waals surface area contributed by atoms with Crippen LogP contribution < -0.4 is 4.74 Å². The van der Waals surface area contributed by atoms with Crippen LogP contribution in [-0.4, -0.2) is 11.6 Å². The standard InChI is InChI=1S/C22H16O3/c1-13-6-5-9-20(14(13)2)25-15-10-11-18-19(12-15)22(24)17-8-4-3-7-16(17)21(18)23/h3-12H,1-2H3. The van der Waals surface area contributed by atoms with Crippen LogP contribution in [0.25, 0.3) is 0 Å². The van der Waals surface area contributed by atoms with Gasteiger partial charge in [0, 0.05) is 22.3 Å². The van der Waals surface area contributed by atoms with Gasteiger partial charge >= 0.3 is 0 Å². The molecule has 0 saturated carbocycles. The van der Waals surface area contributed by atoms with E-state index in [-0.39, 0.29) is 11.6 Å². The molecule has 3 aromatic rings. The zero-order valence-corrected chi connectivity index (χ0v) is 14.0. The second-order valence-corrected chi connectivity index (χ2v) is 6.21. The zero-order valence-electron chi connectivity index (χ0n) is 14.0. The number of ketones is 2. The van der Waals surface area contributed by atoms with Crippen molar-refractivity contribution in [2.24, 2.45) is 0 Å². The summed E-state index contributed by atoms with van der Waals surface area (Å²) in [5.41, 5.74) is 3.92. The first-order valence-corrected chi connectivity index (χ1v) is 8.13. The maximum Gasteiger partial charge on any atom is 0.194 e. The molecule has 4 rings (SSSR count). The van der Waals surface area contributed by atoms with Crippen molar-refractivity contribution in [3.05, 3.63) is 94.0 Å². The molecule has 0 amide bonds. The lowest BCUT2D eigenvalue weighted by molar-refractivity contribution is 0.0979. The van der Waals surface area contributed by atoms with Crippen molar-refractivity contribution in [1.82, 2.24) is 0 Å². The molecule has 0 bridgehead atoms.